The molecule has 328 valence electrons. The fourth-order valence-electron chi connectivity index (χ4n) is 9.46. The molecule has 1 unspecified atom stereocenters. The molecule has 0 bridgehead atoms. The van der Waals surface area contributed by atoms with Crippen molar-refractivity contribution in [3.05, 3.63) is 71.8 Å². The molecular weight excluding hydrogens is 792 g/mol. The summed E-state index contributed by atoms with van der Waals surface area (Å²) < 4.78 is 37.8. The lowest BCUT2D eigenvalue weighted by molar-refractivity contribution is -0.255. The van der Waals surface area contributed by atoms with Crippen molar-refractivity contribution in [1.29, 1.82) is 0 Å². The maximum atomic E-state index is 14.1. The molecule has 13 nitrogen and oxygen atoms in total. The highest BCUT2D eigenvalue weighted by atomic mass is 35.5. The number of alkyl halides is 1. The molecule has 1 saturated carbocycles. The highest BCUT2D eigenvalue weighted by Gasteiger charge is 2.65. The number of hydrogen-bond donors (Lipinski definition) is 2. The number of methoxy groups -OCH3 is 1. The Kier molecular flexibility index (Phi) is 16.7. The first kappa shape index (κ1) is 45.4. The van der Waals surface area contributed by atoms with Gasteiger partial charge < -0.3 is 43.5 Å². The average Bonchev–Trinajstić information content (AvgIpc) is 3.27. The Balaban J connectivity index is 1.57. The number of ether oxygens (including phenoxy) is 6. The highest BCUT2D eigenvalue weighted by molar-refractivity contribution is 6.18. The SMILES string of the molecule is C=CCO[C@@]12Oc3ccc(Oc4ccc(OC)c(C=O)c4)cc3[C@H]3[C@H](CCCCO)[C@@H](CCCCO)C=C(C(=NOC4CCCCO4)C[C@@H]1N(CCC)C(=O)OCCCl)[C@H]32. The number of unbranched alkanes of at least 4 members (excludes halogenated alkanes) is 2. The maximum Gasteiger partial charge on any atom is 0.410 e. The van der Waals surface area contributed by atoms with E-state index in [-0.39, 0.29) is 56.5 Å². The molecule has 6 rings (SSSR count). The third-order valence-corrected chi connectivity index (χ3v) is 12.2. The first-order valence-electron chi connectivity index (χ1n) is 21.5. The van der Waals surface area contributed by atoms with E-state index in [0.717, 1.165) is 55.9 Å². The Hall–Kier alpha value is -4.14. The number of nitrogens with zero attached hydrogens (tertiary/aromatic N) is 2. The van der Waals surface area contributed by atoms with Gasteiger partial charge in [0.15, 0.2) is 6.29 Å². The molecule has 2 aliphatic carbocycles. The number of oxime groups is 1. The normalized spacial score (nSPS) is 26.1. The Morgan fingerprint density at radius 1 is 1.08 bits per heavy atom. The number of carbonyl (C=O) groups is 2. The number of aldehydes is 1. The van der Waals surface area contributed by atoms with Crippen molar-refractivity contribution in [2.75, 3.05) is 52.6 Å². The van der Waals surface area contributed by atoms with Crippen LogP contribution >= 0.6 is 11.6 Å². The van der Waals surface area contributed by atoms with Crippen LogP contribution in [0.2, 0.25) is 0 Å². The Labute approximate surface area is 358 Å². The number of aliphatic hydroxyl groups excluding tert-OH is 2. The van der Waals surface area contributed by atoms with Crippen molar-refractivity contribution in [2.45, 2.75) is 102 Å². The molecule has 1 amide bonds. The molecular formula is C46H61ClN2O11. The average molecular weight is 853 g/mol. The van der Waals surface area contributed by atoms with Gasteiger partial charge in [0.2, 0.25) is 12.1 Å². The molecule has 2 heterocycles. The van der Waals surface area contributed by atoms with Crippen LogP contribution in [0.5, 0.6) is 23.0 Å². The third-order valence-electron chi connectivity index (χ3n) is 12.0. The Bertz CT molecular complexity index is 1820. The van der Waals surface area contributed by atoms with Gasteiger partial charge in [0.25, 0.3) is 0 Å². The zero-order valence-corrected chi connectivity index (χ0v) is 35.7. The van der Waals surface area contributed by atoms with E-state index in [9.17, 15) is 19.8 Å². The van der Waals surface area contributed by atoms with E-state index in [2.05, 4.69) is 12.7 Å². The van der Waals surface area contributed by atoms with Gasteiger partial charge in [0.1, 0.15) is 35.6 Å². The minimum atomic E-state index is -1.43. The Morgan fingerprint density at radius 2 is 1.87 bits per heavy atom. The third kappa shape index (κ3) is 10.1. The molecule has 2 aromatic rings. The summed E-state index contributed by atoms with van der Waals surface area (Å²) in [6, 6.07) is 10.1. The summed E-state index contributed by atoms with van der Waals surface area (Å²) in [6.07, 6.45) is 11.6. The van der Waals surface area contributed by atoms with E-state index in [4.69, 9.17) is 50.0 Å². The van der Waals surface area contributed by atoms with Crippen LogP contribution in [0.4, 0.5) is 4.79 Å². The number of rotatable bonds is 22. The molecule has 14 heteroatoms. The second-order valence-corrected chi connectivity index (χ2v) is 16.2. The molecule has 4 aliphatic rings. The summed E-state index contributed by atoms with van der Waals surface area (Å²) in [5, 5.41) is 24.7. The van der Waals surface area contributed by atoms with Gasteiger partial charge in [-0.15, -0.1) is 18.2 Å². The number of benzene rings is 2. The van der Waals surface area contributed by atoms with Crippen LogP contribution in [-0.2, 0) is 19.0 Å². The van der Waals surface area contributed by atoms with Gasteiger partial charge in [-0.25, -0.2) is 4.79 Å². The largest absolute Gasteiger partial charge is 0.496 e. The van der Waals surface area contributed by atoms with Crippen LogP contribution in [0, 0.1) is 17.8 Å². The number of halogens is 1. The van der Waals surface area contributed by atoms with Crippen LogP contribution in [0.1, 0.15) is 99.4 Å². The standard InChI is InChI=1S/C46H61ClN2O11/c1-4-20-49(45(53)56-25-19-47)41-29-38(48-60-42-14-8-11-24-55-42)36-27-31(12-6-9-21-50)35(13-7-10-22-51)43-37-28-34(58-33-15-17-39(54-3)32(26-33)30-52)16-18-40(37)59-46(41,44(36)43)57-23-5-2/h5,15-18,26-28,30-31,35,41-44,50-51H,2,4,6-14,19-25,29H2,1,3H3/t31-,35+,41-,42?,43+,44+,46+/m0/s1. The lowest BCUT2D eigenvalue weighted by atomic mass is 9.55. The predicted octanol–water partition coefficient (Wildman–Crippen LogP) is 8.55. The summed E-state index contributed by atoms with van der Waals surface area (Å²) >= 11 is 6.03. The number of carbonyl (C=O) groups excluding carboxylic acids is 2. The van der Waals surface area contributed by atoms with Crippen molar-refractivity contribution in [3.8, 4) is 23.0 Å². The first-order chi connectivity index (χ1) is 29.4. The van der Waals surface area contributed by atoms with Crippen molar-refractivity contribution in [1.82, 2.24) is 4.90 Å². The van der Waals surface area contributed by atoms with Gasteiger partial charge in [-0.2, -0.15) is 0 Å². The fourth-order valence-corrected chi connectivity index (χ4v) is 9.53. The molecule has 0 aromatic heterocycles. The summed E-state index contributed by atoms with van der Waals surface area (Å²) in [4.78, 5) is 34.0. The smallest absolute Gasteiger partial charge is 0.410 e. The van der Waals surface area contributed by atoms with Gasteiger partial charge in [0.05, 0.1) is 43.4 Å². The quantitative estimate of drug-likeness (QED) is 0.0385. The molecule has 1 saturated heterocycles. The van der Waals surface area contributed by atoms with E-state index in [1.165, 1.54) is 7.11 Å². The van der Waals surface area contributed by atoms with E-state index in [0.29, 0.717) is 73.1 Å². The van der Waals surface area contributed by atoms with Crippen LogP contribution in [0.25, 0.3) is 0 Å². The minimum Gasteiger partial charge on any atom is -0.496 e. The molecule has 60 heavy (non-hydrogen) atoms. The monoisotopic (exact) mass is 852 g/mol. The molecule has 7 atom stereocenters. The summed E-state index contributed by atoms with van der Waals surface area (Å²) in [5.41, 5.74) is 2.85. The van der Waals surface area contributed by atoms with Crippen molar-refractivity contribution < 1.29 is 53.1 Å². The zero-order chi connectivity index (χ0) is 42.5. The van der Waals surface area contributed by atoms with E-state index < -0.39 is 30.1 Å². The van der Waals surface area contributed by atoms with Gasteiger partial charge in [0, 0.05) is 44.1 Å². The summed E-state index contributed by atoms with van der Waals surface area (Å²) in [5.74, 6) is 0.0247. The summed E-state index contributed by atoms with van der Waals surface area (Å²) in [7, 11) is 1.51. The van der Waals surface area contributed by atoms with E-state index >= 15 is 0 Å². The maximum absolute atomic E-state index is 14.1. The fraction of sp³-hybridized carbons (Fsp3) is 0.587. The van der Waals surface area contributed by atoms with Crippen LogP contribution in [0.3, 0.4) is 0 Å². The predicted molar refractivity (Wildman–Crippen MR) is 227 cm³/mol. The number of aliphatic hydroxyl groups is 2. The van der Waals surface area contributed by atoms with Gasteiger partial charge in [-0.1, -0.05) is 37.1 Å². The zero-order valence-electron chi connectivity index (χ0n) is 34.9. The number of amides is 1. The van der Waals surface area contributed by atoms with Crippen LogP contribution < -0.4 is 14.2 Å². The highest BCUT2D eigenvalue weighted by Crippen LogP contribution is 2.62. The summed E-state index contributed by atoms with van der Waals surface area (Å²) in [6.45, 7) is 7.27. The van der Waals surface area contributed by atoms with Gasteiger partial charge >= 0.3 is 6.09 Å². The van der Waals surface area contributed by atoms with E-state index in [1.807, 2.05) is 25.1 Å². The molecule has 2 aliphatic heterocycles. The molecule has 2 N–H and O–H groups in total. The van der Waals surface area contributed by atoms with Gasteiger partial charge in [-0.05, 0) is 98.8 Å². The van der Waals surface area contributed by atoms with Crippen molar-refractivity contribution >= 4 is 29.7 Å². The second-order valence-electron chi connectivity index (χ2n) is 15.8. The van der Waals surface area contributed by atoms with Gasteiger partial charge in [-0.3, -0.25) is 9.69 Å². The Morgan fingerprint density at radius 3 is 2.57 bits per heavy atom. The minimum absolute atomic E-state index is 0.0154. The van der Waals surface area contributed by atoms with E-state index in [1.54, 1.807) is 29.2 Å². The molecule has 0 spiro atoms. The lowest BCUT2D eigenvalue weighted by Crippen LogP contribution is -2.70. The number of allylic oxidation sites excluding steroid dienone is 1. The first-order valence-corrected chi connectivity index (χ1v) is 22.1. The number of hydrogen-bond acceptors (Lipinski definition) is 12. The molecule has 2 fully saturated rings. The second kappa shape index (κ2) is 22.1. The molecule has 2 aromatic carbocycles. The van der Waals surface area contributed by atoms with Crippen molar-refractivity contribution in [2.24, 2.45) is 22.9 Å². The number of fused-ring (bicyclic) bond motifs is 2. The molecule has 0 radical (unpaired) electrons. The topological polar surface area (TPSA) is 155 Å². The van der Waals surface area contributed by atoms with Crippen LogP contribution in [0.15, 0.2) is 65.9 Å². The van der Waals surface area contributed by atoms with Crippen molar-refractivity contribution in [3.63, 3.8) is 0 Å². The van der Waals surface area contributed by atoms with Crippen LogP contribution in [-0.4, -0.2) is 104 Å². The lowest BCUT2D eigenvalue weighted by Gasteiger charge is -2.60.